The molecule has 25 heavy (non-hydrogen) atoms. The van der Waals surface area contributed by atoms with Crippen molar-refractivity contribution in [3.05, 3.63) is 42.0 Å². The number of carbonyl (C=O) groups is 1. The van der Waals surface area contributed by atoms with Gasteiger partial charge in [-0.3, -0.25) is 4.79 Å². The monoisotopic (exact) mass is 341 g/mol. The van der Waals surface area contributed by atoms with Crippen LogP contribution in [0.1, 0.15) is 24.4 Å². The van der Waals surface area contributed by atoms with E-state index in [1.807, 2.05) is 22.5 Å². The molecule has 1 aromatic heterocycles. The molecule has 3 heterocycles. The molecule has 2 aromatic rings. The van der Waals surface area contributed by atoms with Gasteiger partial charge in [0.2, 0.25) is 5.91 Å². The molecule has 1 saturated heterocycles. The molecule has 2 aliphatic rings. The topological polar surface area (TPSA) is 63.5 Å². The van der Waals surface area contributed by atoms with Gasteiger partial charge in [0.15, 0.2) is 5.82 Å². The van der Waals surface area contributed by atoms with Crippen LogP contribution in [0, 0.1) is 0 Å². The summed E-state index contributed by atoms with van der Waals surface area (Å²) in [4.78, 5) is 16.9. The Bertz CT molecular complexity index is 759. The minimum absolute atomic E-state index is 0.146. The molecule has 0 aliphatic carbocycles. The number of para-hydroxylation sites is 1. The summed E-state index contributed by atoms with van der Waals surface area (Å²) < 4.78 is 7.81. The Morgan fingerprint density at radius 2 is 2.20 bits per heavy atom. The first-order valence-electron chi connectivity index (χ1n) is 8.86. The molecular weight excluding hydrogens is 318 g/mol. The van der Waals surface area contributed by atoms with Crippen molar-refractivity contribution in [2.75, 3.05) is 37.7 Å². The smallest absolute Gasteiger partial charge is 0.242 e. The number of ether oxygens (including phenoxy) is 1. The van der Waals surface area contributed by atoms with Crippen LogP contribution in [0.4, 0.5) is 5.69 Å². The zero-order chi connectivity index (χ0) is 17.2. The van der Waals surface area contributed by atoms with E-state index in [0.717, 1.165) is 25.3 Å². The first kappa shape index (κ1) is 16.1. The van der Waals surface area contributed by atoms with E-state index < -0.39 is 0 Å². The first-order chi connectivity index (χ1) is 12.3. The maximum atomic E-state index is 12.8. The van der Waals surface area contributed by atoms with Crippen LogP contribution < -0.4 is 4.90 Å². The van der Waals surface area contributed by atoms with Crippen LogP contribution in [-0.2, 0) is 22.5 Å². The normalized spacial score (nSPS) is 20.0. The fourth-order valence-corrected chi connectivity index (χ4v) is 3.62. The van der Waals surface area contributed by atoms with Gasteiger partial charge in [0, 0.05) is 25.3 Å². The number of fused-ring (bicyclic) bond motifs is 1. The molecule has 7 nitrogen and oxygen atoms in total. The Hall–Kier alpha value is -2.41. The minimum Gasteiger partial charge on any atom is -0.366 e. The zero-order valence-electron chi connectivity index (χ0n) is 14.5. The van der Waals surface area contributed by atoms with Crippen LogP contribution in [-0.4, -0.2) is 58.4 Å². The molecule has 1 fully saturated rings. The molecule has 7 heteroatoms. The minimum atomic E-state index is -0.203. The fraction of sp³-hybridized carbons (Fsp3) is 0.500. The summed E-state index contributed by atoms with van der Waals surface area (Å²) in [5.41, 5.74) is 2.51. The van der Waals surface area contributed by atoms with Crippen LogP contribution in [0.3, 0.4) is 0 Å². The molecule has 2 aliphatic heterocycles. The number of hydrogen-bond donors (Lipinski definition) is 0. The molecule has 1 atom stereocenters. The summed E-state index contributed by atoms with van der Waals surface area (Å²) in [6, 6.07) is 8.33. The van der Waals surface area contributed by atoms with Crippen LogP contribution in [0.5, 0.6) is 0 Å². The van der Waals surface area contributed by atoms with Crippen molar-refractivity contribution in [2.24, 2.45) is 0 Å². The highest BCUT2D eigenvalue weighted by atomic mass is 16.5. The number of aryl methyl sites for hydroxylation is 1. The Kier molecular flexibility index (Phi) is 4.40. The van der Waals surface area contributed by atoms with E-state index in [9.17, 15) is 4.79 Å². The SMILES string of the molecule is CCn1cnnc1C1CN(C(=O)CN2CCc3ccccc32)CCO1. The molecule has 4 rings (SSSR count). The maximum Gasteiger partial charge on any atom is 0.242 e. The average molecular weight is 341 g/mol. The summed E-state index contributed by atoms with van der Waals surface area (Å²) in [5, 5.41) is 8.14. The van der Waals surface area contributed by atoms with Gasteiger partial charge in [0.1, 0.15) is 12.4 Å². The highest BCUT2D eigenvalue weighted by molar-refractivity contribution is 5.82. The van der Waals surface area contributed by atoms with Crippen LogP contribution in [0.2, 0.25) is 0 Å². The zero-order valence-corrected chi connectivity index (χ0v) is 14.5. The summed E-state index contributed by atoms with van der Waals surface area (Å²) in [6.07, 6.45) is 2.51. The van der Waals surface area contributed by atoms with Gasteiger partial charge < -0.3 is 19.1 Å². The second kappa shape index (κ2) is 6.84. The molecule has 1 unspecified atom stereocenters. The van der Waals surface area contributed by atoms with Gasteiger partial charge >= 0.3 is 0 Å². The van der Waals surface area contributed by atoms with E-state index >= 15 is 0 Å². The van der Waals surface area contributed by atoms with Crippen molar-refractivity contribution in [3.8, 4) is 0 Å². The third kappa shape index (κ3) is 3.11. The van der Waals surface area contributed by atoms with Gasteiger partial charge in [0.05, 0.1) is 19.7 Å². The van der Waals surface area contributed by atoms with Crippen LogP contribution in [0.15, 0.2) is 30.6 Å². The predicted octanol–water partition coefficient (Wildman–Crippen LogP) is 1.26. The van der Waals surface area contributed by atoms with Gasteiger partial charge in [-0.05, 0) is 25.0 Å². The number of carbonyl (C=O) groups excluding carboxylic acids is 1. The van der Waals surface area contributed by atoms with E-state index in [1.54, 1.807) is 6.33 Å². The van der Waals surface area contributed by atoms with Gasteiger partial charge in [0.25, 0.3) is 0 Å². The van der Waals surface area contributed by atoms with Crippen LogP contribution >= 0.6 is 0 Å². The van der Waals surface area contributed by atoms with Crippen molar-refractivity contribution >= 4 is 11.6 Å². The lowest BCUT2D eigenvalue weighted by molar-refractivity contribution is -0.137. The quantitative estimate of drug-likeness (QED) is 0.838. The summed E-state index contributed by atoms with van der Waals surface area (Å²) in [5.74, 6) is 0.944. The Labute approximate surface area is 147 Å². The third-order valence-electron chi connectivity index (χ3n) is 5.00. The molecule has 1 aromatic carbocycles. The van der Waals surface area contributed by atoms with Crippen molar-refractivity contribution in [1.29, 1.82) is 0 Å². The third-order valence-corrected chi connectivity index (χ3v) is 5.00. The van der Waals surface area contributed by atoms with E-state index in [4.69, 9.17) is 4.74 Å². The molecule has 0 saturated carbocycles. The lowest BCUT2D eigenvalue weighted by atomic mass is 10.2. The number of rotatable bonds is 4. The van der Waals surface area contributed by atoms with Crippen molar-refractivity contribution < 1.29 is 9.53 Å². The molecule has 1 amide bonds. The van der Waals surface area contributed by atoms with E-state index in [-0.39, 0.29) is 12.0 Å². The highest BCUT2D eigenvalue weighted by Crippen LogP contribution is 2.27. The lowest BCUT2D eigenvalue weighted by Crippen LogP contribution is -2.47. The lowest BCUT2D eigenvalue weighted by Gasteiger charge is -2.33. The van der Waals surface area contributed by atoms with E-state index in [0.29, 0.717) is 26.2 Å². The second-order valence-corrected chi connectivity index (χ2v) is 6.47. The highest BCUT2D eigenvalue weighted by Gasteiger charge is 2.30. The molecule has 0 spiro atoms. The molecule has 0 bridgehead atoms. The Morgan fingerprint density at radius 3 is 3.08 bits per heavy atom. The number of benzene rings is 1. The predicted molar refractivity (Wildman–Crippen MR) is 93.3 cm³/mol. The summed E-state index contributed by atoms with van der Waals surface area (Å²) in [6.45, 7) is 5.86. The summed E-state index contributed by atoms with van der Waals surface area (Å²) in [7, 11) is 0. The van der Waals surface area contributed by atoms with Gasteiger partial charge in [-0.2, -0.15) is 0 Å². The van der Waals surface area contributed by atoms with Crippen LogP contribution in [0.25, 0.3) is 0 Å². The largest absolute Gasteiger partial charge is 0.366 e. The number of hydrogen-bond acceptors (Lipinski definition) is 5. The number of amides is 1. The van der Waals surface area contributed by atoms with Gasteiger partial charge in [-0.1, -0.05) is 18.2 Å². The van der Waals surface area contributed by atoms with Crippen molar-refractivity contribution in [1.82, 2.24) is 19.7 Å². The van der Waals surface area contributed by atoms with Gasteiger partial charge in [-0.15, -0.1) is 10.2 Å². The Morgan fingerprint density at radius 1 is 1.32 bits per heavy atom. The molecule has 132 valence electrons. The first-order valence-corrected chi connectivity index (χ1v) is 8.86. The standard InChI is InChI=1S/C18H23N5O2/c1-2-21-13-19-20-18(21)16-11-23(9-10-25-16)17(24)12-22-8-7-14-5-3-4-6-15(14)22/h3-6,13,16H,2,7-12H2,1H3. The second-order valence-electron chi connectivity index (χ2n) is 6.47. The molecular formula is C18H23N5O2. The van der Waals surface area contributed by atoms with Crippen molar-refractivity contribution in [3.63, 3.8) is 0 Å². The average Bonchev–Trinajstić information content (AvgIpc) is 3.29. The number of anilines is 1. The summed E-state index contributed by atoms with van der Waals surface area (Å²) >= 11 is 0. The number of morpholine rings is 1. The maximum absolute atomic E-state index is 12.8. The molecule has 0 N–H and O–H groups in total. The fourth-order valence-electron chi connectivity index (χ4n) is 3.62. The number of nitrogens with zero attached hydrogens (tertiary/aromatic N) is 5. The molecule has 0 radical (unpaired) electrons. The van der Waals surface area contributed by atoms with Crippen molar-refractivity contribution in [2.45, 2.75) is 26.0 Å². The van der Waals surface area contributed by atoms with E-state index in [1.165, 1.54) is 11.3 Å². The van der Waals surface area contributed by atoms with Gasteiger partial charge in [-0.25, -0.2) is 0 Å². The Balaban J connectivity index is 1.42. The van der Waals surface area contributed by atoms with E-state index in [2.05, 4.69) is 33.3 Å². The number of aromatic nitrogens is 3.